The molecular formula is C16H21N5O2. The van der Waals surface area contributed by atoms with E-state index in [4.69, 9.17) is 4.74 Å². The summed E-state index contributed by atoms with van der Waals surface area (Å²) in [6.07, 6.45) is 5.47. The Morgan fingerprint density at radius 3 is 2.78 bits per heavy atom. The monoisotopic (exact) mass is 315 g/mol. The van der Waals surface area contributed by atoms with Crippen molar-refractivity contribution in [3.05, 3.63) is 48.0 Å². The number of benzene rings is 1. The maximum Gasteiger partial charge on any atom is 0.315 e. The van der Waals surface area contributed by atoms with Crippen molar-refractivity contribution in [2.24, 2.45) is 0 Å². The van der Waals surface area contributed by atoms with Gasteiger partial charge in [0, 0.05) is 19.7 Å². The molecule has 2 N–H and O–H groups in total. The summed E-state index contributed by atoms with van der Waals surface area (Å²) in [5.41, 5.74) is 2.20. The van der Waals surface area contributed by atoms with E-state index in [0.717, 1.165) is 30.6 Å². The van der Waals surface area contributed by atoms with Gasteiger partial charge in [0.05, 0.1) is 12.6 Å². The summed E-state index contributed by atoms with van der Waals surface area (Å²) in [5.74, 6) is 0. The lowest BCUT2D eigenvalue weighted by Crippen LogP contribution is -2.39. The fraction of sp³-hybridized carbons (Fsp3) is 0.438. The molecule has 23 heavy (non-hydrogen) atoms. The predicted molar refractivity (Wildman–Crippen MR) is 84.8 cm³/mol. The third-order valence-corrected chi connectivity index (χ3v) is 3.80. The summed E-state index contributed by atoms with van der Waals surface area (Å²) >= 11 is 0. The number of rotatable bonds is 6. The van der Waals surface area contributed by atoms with Crippen LogP contribution >= 0.6 is 0 Å². The Balaban J connectivity index is 1.40. The normalized spacial score (nSPS) is 17.1. The molecule has 122 valence electrons. The van der Waals surface area contributed by atoms with Crippen LogP contribution in [0.4, 0.5) is 4.79 Å². The van der Waals surface area contributed by atoms with Crippen molar-refractivity contribution < 1.29 is 9.53 Å². The van der Waals surface area contributed by atoms with E-state index < -0.39 is 0 Å². The second-order valence-electron chi connectivity index (χ2n) is 5.61. The molecule has 2 heterocycles. The lowest BCUT2D eigenvalue weighted by atomic mass is 10.1. The van der Waals surface area contributed by atoms with Crippen molar-refractivity contribution >= 4 is 6.03 Å². The van der Waals surface area contributed by atoms with Crippen LogP contribution in [0, 0.1) is 0 Å². The standard InChI is InChI=1S/C16H21N5O2/c22-16(19-9-15-2-1-7-23-15)18-8-13-3-5-14(6-4-13)10-21-12-17-11-20-21/h3-6,11-12,15H,1-2,7-10H2,(H2,18,19,22)/t15-/m0/s1. The summed E-state index contributed by atoms with van der Waals surface area (Å²) in [6.45, 7) is 2.56. The van der Waals surface area contributed by atoms with Gasteiger partial charge in [0.25, 0.3) is 0 Å². The predicted octanol–water partition coefficient (Wildman–Crippen LogP) is 1.30. The lowest BCUT2D eigenvalue weighted by Gasteiger charge is -2.12. The van der Waals surface area contributed by atoms with E-state index in [9.17, 15) is 4.79 Å². The van der Waals surface area contributed by atoms with Gasteiger partial charge in [-0.05, 0) is 24.0 Å². The van der Waals surface area contributed by atoms with Gasteiger partial charge in [0.15, 0.2) is 0 Å². The van der Waals surface area contributed by atoms with E-state index in [1.807, 2.05) is 24.3 Å². The van der Waals surface area contributed by atoms with Crippen molar-refractivity contribution in [3.63, 3.8) is 0 Å². The van der Waals surface area contributed by atoms with E-state index in [2.05, 4.69) is 20.7 Å². The Morgan fingerprint density at radius 2 is 2.09 bits per heavy atom. The topological polar surface area (TPSA) is 81.1 Å². The molecular weight excluding hydrogens is 294 g/mol. The summed E-state index contributed by atoms with van der Waals surface area (Å²) < 4.78 is 7.24. The van der Waals surface area contributed by atoms with Crippen LogP contribution in [0.5, 0.6) is 0 Å². The number of hydrogen-bond donors (Lipinski definition) is 2. The lowest BCUT2D eigenvalue weighted by molar-refractivity contribution is 0.111. The van der Waals surface area contributed by atoms with Crippen molar-refractivity contribution in [2.45, 2.75) is 32.0 Å². The quantitative estimate of drug-likeness (QED) is 0.842. The van der Waals surface area contributed by atoms with Crippen LogP contribution < -0.4 is 10.6 Å². The average molecular weight is 315 g/mol. The van der Waals surface area contributed by atoms with Gasteiger partial charge in [-0.25, -0.2) is 14.5 Å². The first-order chi connectivity index (χ1) is 11.3. The summed E-state index contributed by atoms with van der Waals surface area (Å²) in [5, 5.41) is 9.77. The highest BCUT2D eigenvalue weighted by atomic mass is 16.5. The molecule has 1 aromatic carbocycles. The second kappa shape index (κ2) is 7.73. The van der Waals surface area contributed by atoms with Crippen molar-refractivity contribution in [3.8, 4) is 0 Å². The SMILES string of the molecule is O=C(NCc1ccc(Cn2cncn2)cc1)NC[C@@H]1CCCO1. The molecule has 3 rings (SSSR count). The van der Waals surface area contributed by atoms with Gasteiger partial charge < -0.3 is 15.4 Å². The molecule has 1 atom stereocenters. The van der Waals surface area contributed by atoms with Crippen LogP contribution in [0.2, 0.25) is 0 Å². The van der Waals surface area contributed by atoms with E-state index in [1.54, 1.807) is 11.0 Å². The molecule has 1 saturated heterocycles. The summed E-state index contributed by atoms with van der Waals surface area (Å²) in [6, 6.07) is 7.91. The Kier molecular flexibility index (Phi) is 5.21. The highest BCUT2D eigenvalue weighted by Gasteiger charge is 2.15. The van der Waals surface area contributed by atoms with E-state index in [-0.39, 0.29) is 12.1 Å². The van der Waals surface area contributed by atoms with Crippen LogP contribution in [-0.4, -0.2) is 40.1 Å². The molecule has 0 bridgehead atoms. The molecule has 7 heteroatoms. The molecule has 2 amide bonds. The molecule has 0 spiro atoms. The summed E-state index contributed by atoms with van der Waals surface area (Å²) in [4.78, 5) is 15.7. The van der Waals surface area contributed by atoms with Crippen LogP contribution in [0.1, 0.15) is 24.0 Å². The minimum atomic E-state index is -0.160. The molecule has 1 aliphatic rings. The molecule has 0 aliphatic carbocycles. The molecule has 0 radical (unpaired) electrons. The number of aromatic nitrogens is 3. The molecule has 1 aromatic heterocycles. The Bertz CT molecular complexity index is 606. The number of nitrogens with zero attached hydrogens (tertiary/aromatic N) is 3. The smallest absolute Gasteiger partial charge is 0.315 e. The number of urea groups is 1. The molecule has 7 nitrogen and oxygen atoms in total. The second-order valence-corrected chi connectivity index (χ2v) is 5.61. The van der Waals surface area contributed by atoms with Crippen molar-refractivity contribution in [2.75, 3.05) is 13.2 Å². The minimum Gasteiger partial charge on any atom is -0.376 e. The number of amides is 2. The van der Waals surface area contributed by atoms with E-state index >= 15 is 0 Å². The van der Waals surface area contributed by atoms with Gasteiger partial charge in [-0.1, -0.05) is 24.3 Å². The number of hydrogen-bond acceptors (Lipinski definition) is 4. The molecule has 2 aromatic rings. The van der Waals surface area contributed by atoms with Gasteiger partial charge in [0.1, 0.15) is 12.7 Å². The maximum absolute atomic E-state index is 11.8. The van der Waals surface area contributed by atoms with Gasteiger partial charge in [-0.15, -0.1) is 0 Å². The number of carbonyl (C=O) groups is 1. The first kappa shape index (κ1) is 15.5. The Hall–Kier alpha value is -2.41. The average Bonchev–Trinajstić information content (AvgIpc) is 3.26. The van der Waals surface area contributed by atoms with Crippen molar-refractivity contribution in [1.82, 2.24) is 25.4 Å². The number of ether oxygens (including phenoxy) is 1. The zero-order valence-electron chi connectivity index (χ0n) is 12.9. The first-order valence-corrected chi connectivity index (χ1v) is 7.83. The Labute approximate surface area is 135 Å². The number of nitrogens with one attached hydrogen (secondary N) is 2. The van der Waals surface area contributed by atoms with E-state index in [1.165, 1.54) is 6.33 Å². The highest BCUT2D eigenvalue weighted by molar-refractivity contribution is 5.73. The fourth-order valence-corrected chi connectivity index (χ4v) is 2.52. The molecule has 1 fully saturated rings. The van der Waals surface area contributed by atoms with Crippen LogP contribution in [0.25, 0.3) is 0 Å². The van der Waals surface area contributed by atoms with Gasteiger partial charge >= 0.3 is 6.03 Å². The zero-order valence-corrected chi connectivity index (χ0v) is 12.9. The third-order valence-electron chi connectivity index (χ3n) is 3.80. The third kappa shape index (κ3) is 4.79. The van der Waals surface area contributed by atoms with Crippen LogP contribution in [-0.2, 0) is 17.8 Å². The van der Waals surface area contributed by atoms with Crippen LogP contribution in [0.3, 0.4) is 0 Å². The molecule has 1 aliphatic heterocycles. The minimum absolute atomic E-state index is 0.160. The maximum atomic E-state index is 11.8. The highest BCUT2D eigenvalue weighted by Crippen LogP contribution is 2.10. The number of carbonyl (C=O) groups excluding carboxylic acids is 1. The fourth-order valence-electron chi connectivity index (χ4n) is 2.52. The van der Waals surface area contributed by atoms with Gasteiger partial charge in [-0.3, -0.25) is 0 Å². The first-order valence-electron chi connectivity index (χ1n) is 7.83. The summed E-state index contributed by atoms with van der Waals surface area (Å²) in [7, 11) is 0. The van der Waals surface area contributed by atoms with Gasteiger partial charge in [0.2, 0.25) is 0 Å². The largest absolute Gasteiger partial charge is 0.376 e. The molecule has 0 unspecified atom stereocenters. The van der Waals surface area contributed by atoms with E-state index in [0.29, 0.717) is 19.6 Å². The molecule has 0 saturated carbocycles. The zero-order chi connectivity index (χ0) is 15.9. The Morgan fingerprint density at radius 1 is 1.26 bits per heavy atom. The van der Waals surface area contributed by atoms with Gasteiger partial charge in [-0.2, -0.15) is 5.10 Å². The van der Waals surface area contributed by atoms with Crippen molar-refractivity contribution in [1.29, 1.82) is 0 Å². The van der Waals surface area contributed by atoms with Crippen LogP contribution in [0.15, 0.2) is 36.9 Å².